The van der Waals surface area contributed by atoms with Crippen molar-refractivity contribution in [3.05, 3.63) is 46.6 Å². The van der Waals surface area contributed by atoms with Gasteiger partial charge < -0.3 is 9.63 Å². The van der Waals surface area contributed by atoms with E-state index in [1.807, 2.05) is 6.92 Å². The number of imidazole rings is 1. The Hall–Kier alpha value is -2.77. The Labute approximate surface area is 150 Å². The molecule has 0 unspecified atom stereocenters. The molecule has 1 aliphatic carbocycles. The second-order valence-electron chi connectivity index (χ2n) is 7.07. The summed E-state index contributed by atoms with van der Waals surface area (Å²) < 4.78 is 9.66. The van der Waals surface area contributed by atoms with Crippen molar-refractivity contribution in [1.29, 1.82) is 0 Å². The molecule has 4 rings (SSSR count). The number of hydrogen-bond acceptors (Lipinski definition) is 5. The fourth-order valence-corrected chi connectivity index (χ4v) is 3.70. The molecule has 1 aliphatic rings. The number of aromatic hydroxyl groups is 1. The lowest BCUT2D eigenvalue weighted by atomic mass is 9.89. The first-order chi connectivity index (χ1) is 12.6. The van der Waals surface area contributed by atoms with Gasteiger partial charge in [-0.3, -0.25) is 9.25 Å². The summed E-state index contributed by atoms with van der Waals surface area (Å²) in [5, 5.41) is 18.3. The van der Waals surface area contributed by atoms with Crippen molar-refractivity contribution >= 4 is 0 Å². The monoisotopic (exact) mass is 357 g/mol. The van der Waals surface area contributed by atoms with Crippen LogP contribution in [0.2, 0.25) is 0 Å². The highest BCUT2D eigenvalue weighted by molar-refractivity contribution is 5.31. The molecule has 8 heteroatoms. The third kappa shape index (κ3) is 3.18. The van der Waals surface area contributed by atoms with E-state index in [-0.39, 0.29) is 11.6 Å². The van der Waals surface area contributed by atoms with Gasteiger partial charge in [-0.1, -0.05) is 24.4 Å². The van der Waals surface area contributed by atoms with Gasteiger partial charge in [0.25, 0.3) is 0 Å². The number of hydrogen-bond donors (Lipinski definition) is 1. The van der Waals surface area contributed by atoms with Crippen molar-refractivity contribution in [2.24, 2.45) is 5.92 Å². The van der Waals surface area contributed by atoms with E-state index in [2.05, 4.69) is 10.3 Å². The molecule has 0 atom stereocenters. The lowest BCUT2D eigenvalue weighted by molar-refractivity contribution is 0.316. The molecule has 3 aromatic rings. The molecule has 0 aromatic carbocycles. The molecule has 8 nitrogen and oxygen atoms in total. The number of aryl methyl sites for hydroxylation is 1. The van der Waals surface area contributed by atoms with Crippen LogP contribution in [0.3, 0.4) is 0 Å². The Morgan fingerprint density at radius 3 is 2.77 bits per heavy atom. The van der Waals surface area contributed by atoms with E-state index in [0.717, 1.165) is 24.2 Å². The minimum atomic E-state index is -0.228. The Morgan fingerprint density at radius 1 is 1.23 bits per heavy atom. The minimum Gasteiger partial charge on any atom is -0.493 e. The normalized spacial score (nSPS) is 15.6. The quantitative estimate of drug-likeness (QED) is 0.757. The molecule has 3 heterocycles. The molecule has 0 radical (unpaired) electrons. The van der Waals surface area contributed by atoms with E-state index in [0.29, 0.717) is 24.7 Å². The fraction of sp³-hybridized carbons (Fsp3) is 0.500. The lowest BCUT2D eigenvalue weighted by Gasteiger charge is -2.21. The summed E-state index contributed by atoms with van der Waals surface area (Å²) in [7, 11) is 0. The zero-order valence-corrected chi connectivity index (χ0v) is 14.8. The molecule has 138 valence electrons. The Balaban J connectivity index is 1.56. The van der Waals surface area contributed by atoms with Gasteiger partial charge in [0.05, 0.1) is 30.8 Å². The molecule has 1 N–H and O–H groups in total. The van der Waals surface area contributed by atoms with Crippen LogP contribution in [0.25, 0.3) is 5.69 Å². The molecule has 0 amide bonds. The van der Waals surface area contributed by atoms with Gasteiger partial charge in [-0.05, 0) is 25.7 Å². The summed E-state index contributed by atoms with van der Waals surface area (Å²) in [6.45, 7) is 3.00. The van der Waals surface area contributed by atoms with E-state index in [1.165, 1.54) is 30.0 Å². The van der Waals surface area contributed by atoms with E-state index in [4.69, 9.17) is 4.52 Å². The molecule has 0 spiro atoms. The molecular formula is C18H23N5O3. The van der Waals surface area contributed by atoms with Gasteiger partial charge in [0.1, 0.15) is 5.76 Å². The van der Waals surface area contributed by atoms with Crippen LogP contribution in [-0.4, -0.2) is 29.2 Å². The summed E-state index contributed by atoms with van der Waals surface area (Å²) in [5.74, 6) is 1.18. The average Bonchev–Trinajstić information content (AvgIpc) is 3.31. The number of nitrogens with zero attached hydrogens (tertiary/aromatic N) is 5. The van der Waals surface area contributed by atoms with Crippen LogP contribution in [0, 0.1) is 12.8 Å². The van der Waals surface area contributed by atoms with Crippen molar-refractivity contribution in [1.82, 2.24) is 24.1 Å². The van der Waals surface area contributed by atoms with Crippen molar-refractivity contribution in [2.45, 2.75) is 52.1 Å². The smallest absolute Gasteiger partial charge is 0.335 e. The standard InChI is InChI=1S/C18H23N5O3/c1-13-15(7-20-26-13)10-22-11-16(8-19-22)23-17(24)12-21(18(23)25)9-14-5-3-2-4-6-14/h7-8,11-12,14,24H,2-6,9-10H2,1H3. The first-order valence-electron chi connectivity index (χ1n) is 9.06. The summed E-state index contributed by atoms with van der Waals surface area (Å²) in [6, 6.07) is 0. The largest absolute Gasteiger partial charge is 0.493 e. The summed E-state index contributed by atoms with van der Waals surface area (Å²) in [6.07, 6.45) is 12.5. The van der Waals surface area contributed by atoms with Crippen molar-refractivity contribution in [3.63, 3.8) is 0 Å². The van der Waals surface area contributed by atoms with Crippen LogP contribution in [-0.2, 0) is 13.1 Å². The molecule has 26 heavy (non-hydrogen) atoms. The maximum absolute atomic E-state index is 12.7. The van der Waals surface area contributed by atoms with E-state index in [9.17, 15) is 9.90 Å². The second kappa shape index (κ2) is 6.86. The maximum atomic E-state index is 12.7. The average molecular weight is 357 g/mol. The van der Waals surface area contributed by atoms with Crippen LogP contribution in [0.1, 0.15) is 43.4 Å². The van der Waals surface area contributed by atoms with Crippen LogP contribution in [0.15, 0.2) is 34.1 Å². The highest BCUT2D eigenvalue weighted by Gasteiger charge is 2.19. The molecule has 0 saturated heterocycles. The van der Waals surface area contributed by atoms with E-state index in [1.54, 1.807) is 27.8 Å². The first kappa shape index (κ1) is 16.7. The highest BCUT2D eigenvalue weighted by Crippen LogP contribution is 2.25. The molecular weight excluding hydrogens is 334 g/mol. The van der Waals surface area contributed by atoms with Crippen molar-refractivity contribution in [2.75, 3.05) is 0 Å². The highest BCUT2D eigenvalue weighted by atomic mass is 16.5. The van der Waals surface area contributed by atoms with Crippen LogP contribution in [0.4, 0.5) is 0 Å². The van der Waals surface area contributed by atoms with Gasteiger partial charge >= 0.3 is 5.69 Å². The Bertz CT molecular complexity index is 942. The maximum Gasteiger partial charge on any atom is 0.335 e. The Morgan fingerprint density at radius 2 is 2.04 bits per heavy atom. The molecule has 0 bridgehead atoms. The van der Waals surface area contributed by atoms with Gasteiger partial charge in [-0.15, -0.1) is 0 Å². The van der Waals surface area contributed by atoms with Crippen molar-refractivity contribution in [3.8, 4) is 11.6 Å². The van der Waals surface area contributed by atoms with Gasteiger partial charge in [-0.25, -0.2) is 9.36 Å². The SMILES string of the molecule is Cc1oncc1Cn1cc(-n2c(O)cn(CC3CCCCC3)c2=O)cn1. The third-order valence-electron chi connectivity index (χ3n) is 5.18. The lowest BCUT2D eigenvalue weighted by Crippen LogP contribution is -2.26. The van der Waals surface area contributed by atoms with Crippen LogP contribution in [0.5, 0.6) is 5.88 Å². The van der Waals surface area contributed by atoms with Gasteiger partial charge in [-0.2, -0.15) is 5.10 Å². The summed E-state index contributed by atoms with van der Waals surface area (Å²) >= 11 is 0. The van der Waals surface area contributed by atoms with Gasteiger partial charge in [0.2, 0.25) is 5.88 Å². The second-order valence-corrected chi connectivity index (χ2v) is 7.07. The number of aromatic nitrogens is 5. The number of rotatable bonds is 5. The zero-order valence-electron chi connectivity index (χ0n) is 14.8. The summed E-state index contributed by atoms with van der Waals surface area (Å²) in [5.41, 5.74) is 1.24. The predicted octanol–water partition coefficient (Wildman–Crippen LogP) is 2.47. The predicted molar refractivity (Wildman–Crippen MR) is 94.4 cm³/mol. The topological polar surface area (TPSA) is 91.0 Å². The molecule has 1 saturated carbocycles. The summed E-state index contributed by atoms with van der Waals surface area (Å²) in [4.78, 5) is 12.7. The van der Waals surface area contributed by atoms with Gasteiger partial charge in [0, 0.05) is 18.3 Å². The van der Waals surface area contributed by atoms with E-state index < -0.39 is 0 Å². The zero-order chi connectivity index (χ0) is 18.1. The molecule has 3 aromatic heterocycles. The Kier molecular flexibility index (Phi) is 4.40. The van der Waals surface area contributed by atoms with Gasteiger partial charge in [0.15, 0.2) is 0 Å². The minimum absolute atomic E-state index is 0.0634. The molecule has 0 aliphatic heterocycles. The third-order valence-corrected chi connectivity index (χ3v) is 5.18. The molecule has 1 fully saturated rings. The van der Waals surface area contributed by atoms with Crippen LogP contribution < -0.4 is 5.69 Å². The van der Waals surface area contributed by atoms with Crippen LogP contribution >= 0.6 is 0 Å². The first-order valence-corrected chi connectivity index (χ1v) is 9.06. The fourth-order valence-electron chi connectivity index (χ4n) is 3.70. The van der Waals surface area contributed by atoms with E-state index >= 15 is 0 Å². The van der Waals surface area contributed by atoms with Crippen molar-refractivity contribution < 1.29 is 9.63 Å².